The van der Waals surface area contributed by atoms with Crippen LogP contribution >= 0.6 is 0 Å². The largest absolute Gasteiger partial charge is 0.497 e. The predicted molar refractivity (Wildman–Crippen MR) is 111 cm³/mol. The van der Waals surface area contributed by atoms with Gasteiger partial charge in [0.2, 0.25) is 0 Å². The molecule has 0 radical (unpaired) electrons. The SMILES string of the molecule is COc1ccc(Cc2cn([C@@H]3O[C@H](CO)[C@@H](O)[C@H](O)[C@H]3O)c3c(C)cc(F)cc23)c(F)c1. The van der Waals surface area contributed by atoms with E-state index in [1.54, 1.807) is 25.3 Å². The lowest BCUT2D eigenvalue weighted by Gasteiger charge is -2.40. The number of fused-ring (bicyclic) bond motifs is 1. The molecule has 0 aliphatic carbocycles. The van der Waals surface area contributed by atoms with Gasteiger partial charge in [0.05, 0.1) is 19.2 Å². The van der Waals surface area contributed by atoms with Crippen molar-refractivity contribution in [3.05, 3.63) is 64.9 Å². The molecule has 1 aromatic heterocycles. The predicted octanol–water partition coefficient (Wildman–Crippen LogP) is 1.80. The number of ether oxygens (including phenoxy) is 2. The average Bonchev–Trinajstić information content (AvgIpc) is 3.12. The van der Waals surface area contributed by atoms with Crippen LogP contribution in [0.25, 0.3) is 10.9 Å². The Kier molecular flexibility index (Phi) is 6.19. The molecule has 0 amide bonds. The van der Waals surface area contributed by atoms with Gasteiger partial charge in [0.1, 0.15) is 41.8 Å². The third-order valence-electron chi connectivity index (χ3n) is 5.95. The van der Waals surface area contributed by atoms with Gasteiger partial charge >= 0.3 is 0 Å². The van der Waals surface area contributed by atoms with Crippen LogP contribution in [-0.4, -0.2) is 63.1 Å². The molecule has 0 unspecified atom stereocenters. The number of aliphatic hydroxyl groups excluding tert-OH is 4. The van der Waals surface area contributed by atoms with Crippen LogP contribution in [0.4, 0.5) is 8.78 Å². The Labute approximate surface area is 183 Å². The Morgan fingerprint density at radius 3 is 2.44 bits per heavy atom. The van der Waals surface area contributed by atoms with Crippen LogP contribution in [-0.2, 0) is 11.2 Å². The highest BCUT2D eigenvalue weighted by Crippen LogP contribution is 2.36. The summed E-state index contributed by atoms with van der Waals surface area (Å²) in [5, 5.41) is 40.9. The average molecular weight is 449 g/mol. The molecule has 0 spiro atoms. The molecule has 5 atom stereocenters. The van der Waals surface area contributed by atoms with Gasteiger partial charge in [-0.2, -0.15) is 0 Å². The number of aromatic nitrogens is 1. The van der Waals surface area contributed by atoms with Crippen LogP contribution in [0, 0.1) is 18.6 Å². The van der Waals surface area contributed by atoms with E-state index in [4.69, 9.17) is 9.47 Å². The minimum Gasteiger partial charge on any atom is -0.497 e. The first kappa shape index (κ1) is 22.6. The van der Waals surface area contributed by atoms with Gasteiger partial charge in [-0.3, -0.25) is 0 Å². The quantitative estimate of drug-likeness (QED) is 0.474. The van der Waals surface area contributed by atoms with Crippen LogP contribution in [0.2, 0.25) is 0 Å². The van der Waals surface area contributed by atoms with E-state index in [-0.39, 0.29) is 6.42 Å². The van der Waals surface area contributed by atoms with Gasteiger partial charge < -0.3 is 34.5 Å². The molecule has 172 valence electrons. The van der Waals surface area contributed by atoms with Gasteiger partial charge in [0.15, 0.2) is 6.23 Å². The molecule has 1 saturated heterocycles. The van der Waals surface area contributed by atoms with E-state index in [9.17, 15) is 29.2 Å². The first-order chi connectivity index (χ1) is 15.2. The van der Waals surface area contributed by atoms with E-state index in [0.717, 1.165) is 0 Å². The number of benzene rings is 2. The number of hydrogen-bond acceptors (Lipinski definition) is 6. The van der Waals surface area contributed by atoms with E-state index < -0.39 is 48.9 Å². The molecule has 1 aliphatic rings. The van der Waals surface area contributed by atoms with Crippen molar-refractivity contribution in [2.24, 2.45) is 0 Å². The molecule has 2 aromatic carbocycles. The van der Waals surface area contributed by atoms with Crippen molar-refractivity contribution in [1.82, 2.24) is 4.57 Å². The van der Waals surface area contributed by atoms with Gasteiger partial charge in [0, 0.05) is 24.1 Å². The molecule has 4 N–H and O–H groups in total. The summed E-state index contributed by atoms with van der Waals surface area (Å²) in [6, 6.07) is 7.11. The summed E-state index contributed by atoms with van der Waals surface area (Å²) in [5.74, 6) is -0.582. The van der Waals surface area contributed by atoms with E-state index in [2.05, 4.69) is 0 Å². The minimum absolute atomic E-state index is 0.125. The zero-order valence-corrected chi connectivity index (χ0v) is 17.6. The normalized spacial score (nSPS) is 25.9. The highest BCUT2D eigenvalue weighted by molar-refractivity contribution is 5.87. The molecule has 0 saturated carbocycles. The van der Waals surface area contributed by atoms with E-state index in [0.29, 0.717) is 33.3 Å². The van der Waals surface area contributed by atoms with Crippen molar-refractivity contribution in [2.45, 2.75) is 44.0 Å². The number of rotatable bonds is 5. The lowest BCUT2D eigenvalue weighted by atomic mass is 9.98. The first-order valence-corrected chi connectivity index (χ1v) is 10.2. The Bertz CT molecular complexity index is 1130. The maximum Gasteiger partial charge on any atom is 0.163 e. The Morgan fingerprint density at radius 1 is 1.03 bits per heavy atom. The van der Waals surface area contributed by atoms with Crippen molar-refractivity contribution in [3.8, 4) is 5.75 Å². The number of hydrogen-bond donors (Lipinski definition) is 4. The summed E-state index contributed by atoms with van der Waals surface area (Å²) >= 11 is 0. The molecular weight excluding hydrogens is 424 g/mol. The van der Waals surface area contributed by atoms with Crippen molar-refractivity contribution < 1.29 is 38.7 Å². The summed E-state index contributed by atoms with van der Waals surface area (Å²) in [4.78, 5) is 0. The molecule has 9 heteroatoms. The van der Waals surface area contributed by atoms with Crippen LogP contribution in [0.1, 0.15) is 22.9 Å². The Morgan fingerprint density at radius 2 is 1.78 bits per heavy atom. The van der Waals surface area contributed by atoms with Gasteiger partial charge in [-0.15, -0.1) is 0 Å². The molecule has 7 nitrogen and oxygen atoms in total. The molecule has 32 heavy (non-hydrogen) atoms. The minimum atomic E-state index is -1.56. The number of aryl methyl sites for hydroxylation is 1. The van der Waals surface area contributed by atoms with Crippen LogP contribution < -0.4 is 4.74 Å². The second kappa shape index (κ2) is 8.76. The highest BCUT2D eigenvalue weighted by Gasteiger charge is 2.44. The molecule has 0 bridgehead atoms. The van der Waals surface area contributed by atoms with Gasteiger partial charge in [0.25, 0.3) is 0 Å². The summed E-state index contributed by atoms with van der Waals surface area (Å²) in [6.45, 7) is 1.11. The van der Waals surface area contributed by atoms with Crippen molar-refractivity contribution in [3.63, 3.8) is 0 Å². The van der Waals surface area contributed by atoms with Crippen molar-refractivity contribution in [2.75, 3.05) is 13.7 Å². The fourth-order valence-electron chi connectivity index (χ4n) is 4.28. The Hall–Kier alpha value is -2.56. The lowest BCUT2D eigenvalue weighted by molar-refractivity contribution is -0.250. The first-order valence-electron chi connectivity index (χ1n) is 10.2. The summed E-state index contributed by atoms with van der Waals surface area (Å²) in [6.07, 6.45) is -5.11. The van der Waals surface area contributed by atoms with Gasteiger partial charge in [-0.05, 0) is 41.8 Å². The maximum atomic E-state index is 14.6. The second-order valence-electron chi connectivity index (χ2n) is 8.03. The number of nitrogens with zero attached hydrogens (tertiary/aromatic N) is 1. The third kappa shape index (κ3) is 3.87. The second-order valence-corrected chi connectivity index (χ2v) is 8.03. The smallest absolute Gasteiger partial charge is 0.163 e. The molecule has 2 heterocycles. The van der Waals surface area contributed by atoms with Gasteiger partial charge in [-0.25, -0.2) is 8.78 Å². The summed E-state index contributed by atoms with van der Waals surface area (Å²) in [5.41, 5.74) is 2.00. The van der Waals surface area contributed by atoms with Crippen molar-refractivity contribution in [1.29, 1.82) is 0 Å². The van der Waals surface area contributed by atoms with E-state index >= 15 is 0 Å². The number of aliphatic hydroxyl groups is 4. The number of methoxy groups -OCH3 is 1. The monoisotopic (exact) mass is 449 g/mol. The standard InChI is InChI=1S/C23H25F2NO6/c1-11-5-14(24)7-16-13(6-12-3-4-15(31-2)8-17(12)25)9-26(19(11)16)23-22(30)21(29)20(28)18(10-27)32-23/h3-5,7-9,18,20-23,27-30H,6,10H2,1-2H3/t18-,20-,21+,22-,23-/m1/s1. The molecular formula is C23H25F2NO6. The van der Waals surface area contributed by atoms with E-state index in [1.165, 1.54) is 29.9 Å². The van der Waals surface area contributed by atoms with Crippen LogP contribution in [0.5, 0.6) is 5.75 Å². The third-order valence-corrected chi connectivity index (χ3v) is 5.95. The van der Waals surface area contributed by atoms with Crippen LogP contribution in [0.15, 0.2) is 36.5 Å². The topological polar surface area (TPSA) is 104 Å². The number of halogens is 2. The molecule has 1 aliphatic heterocycles. The molecule has 1 fully saturated rings. The zero-order chi connectivity index (χ0) is 23.2. The zero-order valence-electron chi connectivity index (χ0n) is 17.6. The van der Waals surface area contributed by atoms with Crippen molar-refractivity contribution >= 4 is 10.9 Å². The summed E-state index contributed by atoms with van der Waals surface area (Å²) < 4.78 is 41.1. The highest BCUT2D eigenvalue weighted by atomic mass is 19.1. The maximum absolute atomic E-state index is 14.6. The fourth-order valence-corrected chi connectivity index (χ4v) is 4.28. The molecule has 4 rings (SSSR count). The lowest BCUT2D eigenvalue weighted by Crippen LogP contribution is -2.56. The molecule has 3 aromatic rings. The Balaban J connectivity index is 1.83. The van der Waals surface area contributed by atoms with E-state index in [1.807, 2.05) is 0 Å². The van der Waals surface area contributed by atoms with Crippen LogP contribution in [0.3, 0.4) is 0 Å². The van der Waals surface area contributed by atoms with Gasteiger partial charge in [-0.1, -0.05) is 6.07 Å². The summed E-state index contributed by atoms with van der Waals surface area (Å²) in [7, 11) is 1.44. The fraction of sp³-hybridized carbons (Fsp3) is 0.391.